The Balaban J connectivity index is 1.33. The third-order valence-electron chi connectivity index (χ3n) is 6.74. The fourth-order valence-electron chi connectivity index (χ4n) is 4.51. The van der Waals surface area contributed by atoms with Crippen molar-refractivity contribution in [3.8, 4) is 17.2 Å². The van der Waals surface area contributed by atoms with E-state index in [0.29, 0.717) is 31.0 Å². The zero-order valence-electron chi connectivity index (χ0n) is 22.2. The Bertz CT molecular complexity index is 951. The van der Waals surface area contributed by atoms with Crippen molar-refractivity contribution in [3.05, 3.63) is 53.6 Å². The number of rotatable bonds is 17. The predicted octanol–water partition coefficient (Wildman–Crippen LogP) is 5.51. The van der Waals surface area contributed by atoms with E-state index in [2.05, 4.69) is 17.6 Å². The minimum atomic E-state index is -0.828. The molecule has 3 rings (SSSR count). The summed E-state index contributed by atoms with van der Waals surface area (Å²) in [6.07, 6.45) is 11.4. The van der Waals surface area contributed by atoms with E-state index in [1.807, 2.05) is 24.3 Å². The lowest BCUT2D eigenvalue weighted by molar-refractivity contribution is 0.0858. The number of para-hydroxylation sites is 2. The second kappa shape index (κ2) is 16.2. The van der Waals surface area contributed by atoms with Crippen LogP contribution in [0.3, 0.4) is 0 Å². The van der Waals surface area contributed by atoms with Crippen molar-refractivity contribution in [2.45, 2.75) is 83.3 Å². The number of phenolic OH excluding ortho intramolecular Hbond substituents is 1. The predicted molar refractivity (Wildman–Crippen MR) is 146 cm³/mol. The van der Waals surface area contributed by atoms with E-state index >= 15 is 0 Å². The van der Waals surface area contributed by atoms with Crippen molar-refractivity contribution < 1.29 is 24.5 Å². The molecule has 1 aliphatic heterocycles. The third kappa shape index (κ3) is 9.90. The number of ether oxygens (including phenoxy) is 2. The van der Waals surface area contributed by atoms with Gasteiger partial charge < -0.3 is 30.3 Å². The first-order valence-corrected chi connectivity index (χ1v) is 14.0. The molecule has 204 valence electrons. The Morgan fingerprint density at radius 1 is 0.973 bits per heavy atom. The largest absolute Gasteiger partial charge is 0.507 e. The zero-order valence-corrected chi connectivity index (χ0v) is 22.2. The first kappa shape index (κ1) is 28.8. The lowest BCUT2D eigenvalue weighted by Crippen LogP contribution is -2.39. The Labute approximate surface area is 221 Å². The van der Waals surface area contributed by atoms with Gasteiger partial charge in [0.2, 0.25) is 0 Å². The molecule has 37 heavy (non-hydrogen) atoms. The van der Waals surface area contributed by atoms with E-state index < -0.39 is 6.10 Å². The number of hydrogen-bond donors (Lipinski definition) is 4. The van der Waals surface area contributed by atoms with Crippen LogP contribution in [-0.4, -0.2) is 48.5 Å². The number of aliphatic hydroxyl groups is 1. The van der Waals surface area contributed by atoms with Gasteiger partial charge in [0.1, 0.15) is 18.5 Å². The fourth-order valence-corrected chi connectivity index (χ4v) is 4.51. The van der Waals surface area contributed by atoms with E-state index in [0.717, 1.165) is 18.6 Å². The van der Waals surface area contributed by atoms with E-state index in [1.54, 1.807) is 12.1 Å². The Hall–Kier alpha value is -2.77. The normalized spacial score (nSPS) is 15.4. The lowest BCUT2D eigenvalue weighted by atomic mass is 10.0. The Morgan fingerprint density at radius 2 is 1.65 bits per heavy atom. The number of hydrogen-bond acceptors (Lipinski definition) is 6. The van der Waals surface area contributed by atoms with Crippen LogP contribution in [0.25, 0.3) is 0 Å². The van der Waals surface area contributed by atoms with Gasteiger partial charge >= 0.3 is 0 Å². The molecule has 0 saturated heterocycles. The molecule has 4 N–H and O–H groups in total. The number of unbranched alkanes of at least 4 members (excludes halogenated alkanes) is 9. The van der Waals surface area contributed by atoms with Crippen LogP contribution in [-0.2, 0) is 0 Å². The van der Waals surface area contributed by atoms with Crippen molar-refractivity contribution in [2.24, 2.45) is 0 Å². The SMILES string of the molecule is CCCCCCCCCCCCNC(=O)c1cc(C(O)CNCC2COc3ccccc3O2)ccc1O. The second-order valence-corrected chi connectivity index (χ2v) is 9.89. The molecule has 0 bridgehead atoms. The summed E-state index contributed by atoms with van der Waals surface area (Å²) < 4.78 is 11.6. The molecular weight excluding hydrogens is 468 g/mol. The lowest BCUT2D eigenvalue weighted by Gasteiger charge is -2.27. The van der Waals surface area contributed by atoms with Crippen molar-refractivity contribution in [1.29, 1.82) is 0 Å². The van der Waals surface area contributed by atoms with Gasteiger partial charge in [0, 0.05) is 19.6 Å². The number of fused-ring (bicyclic) bond motifs is 1. The van der Waals surface area contributed by atoms with Gasteiger partial charge in [-0.15, -0.1) is 0 Å². The van der Waals surface area contributed by atoms with Crippen LogP contribution < -0.4 is 20.1 Å². The summed E-state index contributed by atoms with van der Waals surface area (Å²) in [7, 11) is 0. The molecule has 2 atom stereocenters. The van der Waals surface area contributed by atoms with Gasteiger partial charge in [-0.05, 0) is 36.2 Å². The molecule has 1 heterocycles. The molecule has 2 aromatic rings. The maximum Gasteiger partial charge on any atom is 0.255 e. The van der Waals surface area contributed by atoms with E-state index in [9.17, 15) is 15.0 Å². The van der Waals surface area contributed by atoms with Gasteiger partial charge in [-0.1, -0.05) is 82.9 Å². The number of aromatic hydroxyl groups is 1. The highest BCUT2D eigenvalue weighted by molar-refractivity contribution is 5.97. The molecule has 0 aliphatic carbocycles. The number of aliphatic hydroxyl groups excluding tert-OH is 1. The maximum absolute atomic E-state index is 12.6. The van der Waals surface area contributed by atoms with Crippen LogP contribution in [0, 0.1) is 0 Å². The molecule has 0 radical (unpaired) electrons. The summed E-state index contributed by atoms with van der Waals surface area (Å²) in [5, 5.41) is 26.9. The molecule has 1 aliphatic rings. The van der Waals surface area contributed by atoms with Gasteiger partial charge in [-0.25, -0.2) is 0 Å². The smallest absolute Gasteiger partial charge is 0.255 e. The molecule has 0 spiro atoms. The monoisotopic (exact) mass is 512 g/mol. The van der Waals surface area contributed by atoms with Gasteiger partial charge in [0.05, 0.1) is 11.7 Å². The first-order valence-electron chi connectivity index (χ1n) is 14.0. The third-order valence-corrected chi connectivity index (χ3v) is 6.74. The topological polar surface area (TPSA) is 100 Å². The Morgan fingerprint density at radius 3 is 2.38 bits per heavy atom. The number of amides is 1. The summed E-state index contributed by atoms with van der Waals surface area (Å²) >= 11 is 0. The highest BCUT2D eigenvalue weighted by Gasteiger charge is 2.21. The molecular formula is C30H44N2O5. The van der Waals surface area contributed by atoms with E-state index in [4.69, 9.17) is 9.47 Å². The number of phenols is 1. The standard InChI is InChI=1S/C30H44N2O5/c1-2-3-4-5-6-7-8-9-10-13-18-32-30(35)25-19-23(16-17-26(25)33)27(34)21-31-20-24-22-36-28-14-11-12-15-29(28)37-24/h11-12,14-17,19,24,27,31,33-34H,2-10,13,18,20-22H2,1H3,(H,32,35). The average Bonchev–Trinajstić information content (AvgIpc) is 2.91. The van der Waals surface area contributed by atoms with Crippen LogP contribution in [0.1, 0.15) is 93.2 Å². The number of benzene rings is 2. The van der Waals surface area contributed by atoms with Gasteiger partial charge in [-0.2, -0.15) is 0 Å². The molecule has 1 amide bonds. The van der Waals surface area contributed by atoms with Gasteiger partial charge in [0.25, 0.3) is 5.91 Å². The molecule has 7 nitrogen and oxygen atoms in total. The quantitative estimate of drug-likeness (QED) is 0.209. The van der Waals surface area contributed by atoms with Crippen molar-refractivity contribution in [3.63, 3.8) is 0 Å². The van der Waals surface area contributed by atoms with Gasteiger partial charge in [-0.3, -0.25) is 4.79 Å². The van der Waals surface area contributed by atoms with Crippen LogP contribution >= 0.6 is 0 Å². The summed E-state index contributed by atoms with van der Waals surface area (Å²) in [6.45, 7) is 4.04. The van der Waals surface area contributed by atoms with E-state index in [1.165, 1.54) is 57.4 Å². The minimum absolute atomic E-state index is 0.0871. The molecule has 2 aromatic carbocycles. The highest BCUT2D eigenvalue weighted by Crippen LogP contribution is 2.30. The van der Waals surface area contributed by atoms with Gasteiger partial charge in [0.15, 0.2) is 11.5 Å². The summed E-state index contributed by atoms with van der Waals surface area (Å²) in [4.78, 5) is 12.6. The van der Waals surface area contributed by atoms with Crippen LogP contribution in [0.2, 0.25) is 0 Å². The van der Waals surface area contributed by atoms with E-state index in [-0.39, 0.29) is 29.9 Å². The number of carbonyl (C=O) groups excluding carboxylic acids is 1. The fraction of sp³-hybridized carbons (Fsp3) is 0.567. The molecule has 0 saturated carbocycles. The van der Waals surface area contributed by atoms with Crippen LogP contribution in [0.5, 0.6) is 17.2 Å². The summed E-state index contributed by atoms with van der Waals surface area (Å²) in [5.74, 6) is 1.05. The first-order chi connectivity index (χ1) is 18.1. The zero-order chi connectivity index (χ0) is 26.3. The second-order valence-electron chi connectivity index (χ2n) is 9.89. The average molecular weight is 513 g/mol. The van der Waals surface area contributed by atoms with Crippen LogP contribution in [0.15, 0.2) is 42.5 Å². The van der Waals surface area contributed by atoms with Crippen molar-refractivity contribution in [1.82, 2.24) is 10.6 Å². The van der Waals surface area contributed by atoms with Crippen molar-refractivity contribution in [2.75, 3.05) is 26.2 Å². The molecule has 7 heteroatoms. The molecule has 0 aromatic heterocycles. The highest BCUT2D eigenvalue weighted by atomic mass is 16.6. The number of nitrogens with one attached hydrogen (secondary N) is 2. The number of carbonyl (C=O) groups is 1. The summed E-state index contributed by atoms with van der Waals surface area (Å²) in [6, 6.07) is 12.2. The maximum atomic E-state index is 12.6. The van der Waals surface area contributed by atoms with Crippen LogP contribution in [0.4, 0.5) is 0 Å². The molecule has 0 fully saturated rings. The molecule has 2 unspecified atom stereocenters. The van der Waals surface area contributed by atoms with Crippen molar-refractivity contribution >= 4 is 5.91 Å². The summed E-state index contributed by atoms with van der Waals surface area (Å²) in [5.41, 5.74) is 0.754. The Kier molecular flexibility index (Phi) is 12.6. The minimum Gasteiger partial charge on any atom is -0.507 e.